The molecule has 58 heavy (non-hydrogen) atoms. The van der Waals surface area contributed by atoms with Crippen LogP contribution in [0.25, 0.3) is 0 Å². The van der Waals surface area contributed by atoms with Gasteiger partial charge in [-0.25, -0.2) is 19.3 Å². The highest BCUT2D eigenvalue weighted by Gasteiger charge is 2.45. The van der Waals surface area contributed by atoms with E-state index in [1.54, 1.807) is 6.92 Å². The highest BCUT2D eigenvalue weighted by atomic mass is 16.5. The second-order valence-corrected chi connectivity index (χ2v) is 14.4. The number of aliphatic carboxylic acids is 3. The Morgan fingerprint density at radius 3 is 1.88 bits per heavy atom. The van der Waals surface area contributed by atoms with Gasteiger partial charge in [-0.15, -0.1) is 0 Å². The zero-order valence-electron chi connectivity index (χ0n) is 33.5. The summed E-state index contributed by atoms with van der Waals surface area (Å²) in [5, 5.41) is 34.3. The molecule has 0 radical (unpaired) electrons. The number of carbonyl (C=O) groups is 7. The number of carbonyl (C=O) groups excluding carboxylic acids is 4. The number of carboxylic acids is 3. The van der Waals surface area contributed by atoms with Gasteiger partial charge in [0.05, 0.1) is 25.2 Å². The number of urea groups is 1. The van der Waals surface area contributed by atoms with Crippen molar-refractivity contribution >= 4 is 41.7 Å². The van der Waals surface area contributed by atoms with Crippen molar-refractivity contribution in [1.82, 2.24) is 25.3 Å². The smallest absolute Gasteiger partial charge is 0.328 e. The van der Waals surface area contributed by atoms with Crippen LogP contribution in [0.3, 0.4) is 0 Å². The van der Waals surface area contributed by atoms with E-state index < -0.39 is 72.1 Å². The summed E-state index contributed by atoms with van der Waals surface area (Å²) in [5.74, 6) is -4.82. The number of ether oxygens (including phenoxy) is 1. The number of imide groups is 1. The Hall–Kier alpha value is -5.39. The Kier molecular flexibility index (Phi) is 19.2. The first-order valence-corrected chi connectivity index (χ1v) is 19.7. The van der Waals surface area contributed by atoms with Crippen LogP contribution in [0.2, 0.25) is 0 Å². The third-order valence-corrected chi connectivity index (χ3v) is 10.1. The van der Waals surface area contributed by atoms with E-state index in [9.17, 15) is 48.9 Å². The molecule has 0 spiro atoms. The van der Waals surface area contributed by atoms with E-state index in [4.69, 9.17) is 10.5 Å². The van der Waals surface area contributed by atoms with E-state index >= 15 is 0 Å². The predicted molar refractivity (Wildman–Crippen MR) is 212 cm³/mol. The van der Waals surface area contributed by atoms with Crippen LogP contribution in [0, 0.1) is 0 Å². The van der Waals surface area contributed by atoms with Crippen LogP contribution in [-0.4, -0.2) is 141 Å². The lowest BCUT2D eigenvalue weighted by molar-refractivity contribution is -0.149. The Balaban J connectivity index is 0.000000310. The van der Waals surface area contributed by atoms with Crippen LogP contribution in [0.15, 0.2) is 60.7 Å². The van der Waals surface area contributed by atoms with Crippen LogP contribution >= 0.6 is 0 Å². The Labute approximate surface area is 338 Å². The lowest BCUT2D eigenvalue weighted by Gasteiger charge is -2.29. The maximum absolute atomic E-state index is 13.1. The average molecular weight is 811 g/mol. The van der Waals surface area contributed by atoms with Gasteiger partial charge < -0.3 is 35.6 Å². The summed E-state index contributed by atoms with van der Waals surface area (Å²) in [4.78, 5) is 88.5. The Morgan fingerprint density at radius 1 is 0.793 bits per heavy atom. The van der Waals surface area contributed by atoms with Gasteiger partial charge >= 0.3 is 29.9 Å². The molecule has 0 aromatic heterocycles. The molecule has 2 aliphatic rings. The molecule has 4 amide bonds. The molecule has 2 heterocycles. The Morgan fingerprint density at radius 2 is 1.36 bits per heavy atom. The fraction of sp³-hybridized carbons (Fsp3) is 0.537. The molecule has 17 nitrogen and oxygen atoms in total. The van der Waals surface area contributed by atoms with Crippen molar-refractivity contribution in [2.45, 2.75) is 108 Å². The maximum Gasteiger partial charge on any atom is 0.328 e. The first-order valence-electron chi connectivity index (χ1n) is 19.7. The SMILES string of the molecule is CCOC(=O)[C@H](CCc1ccccc1)N[C@@H](C)C(=O)N1C(=O)N(C)C[C@H]1C(=O)O.NCCCC[C@H](N[C@@H](CCc1ccccc1)C(=O)O)C(=O)N1CCC[C@H]1C(=O)O. The van der Waals surface area contributed by atoms with E-state index in [1.165, 1.54) is 23.8 Å². The van der Waals surface area contributed by atoms with Gasteiger partial charge in [-0.2, -0.15) is 0 Å². The Bertz CT molecular complexity index is 1680. The molecule has 318 valence electrons. The van der Waals surface area contributed by atoms with Crippen molar-refractivity contribution in [3.8, 4) is 0 Å². The lowest BCUT2D eigenvalue weighted by Crippen LogP contribution is -2.54. The van der Waals surface area contributed by atoms with Crippen LogP contribution in [0.4, 0.5) is 4.79 Å². The van der Waals surface area contributed by atoms with Crippen LogP contribution in [-0.2, 0) is 46.3 Å². The number of hydrogen-bond acceptors (Lipinski definition) is 11. The normalized spacial score (nSPS) is 18.4. The maximum atomic E-state index is 13.1. The number of rotatable bonds is 21. The molecule has 2 aliphatic heterocycles. The van der Waals surface area contributed by atoms with Crippen molar-refractivity contribution < 1.29 is 53.6 Å². The first kappa shape index (κ1) is 47.0. The summed E-state index contributed by atoms with van der Waals surface area (Å²) in [5.41, 5.74) is 7.61. The van der Waals surface area contributed by atoms with Crippen molar-refractivity contribution in [3.05, 3.63) is 71.8 Å². The minimum Gasteiger partial charge on any atom is -0.480 e. The molecule has 0 unspecified atom stereocenters. The number of benzene rings is 2. The summed E-state index contributed by atoms with van der Waals surface area (Å²) >= 11 is 0. The number of hydrogen-bond donors (Lipinski definition) is 6. The fourth-order valence-corrected chi connectivity index (χ4v) is 6.96. The largest absolute Gasteiger partial charge is 0.480 e. The molecule has 0 saturated carbocycles. The van der Waals surface area contributed by atoms with Gasteiger partial charge in [-0.3, -0.25) is 29.8 Å². The standard InChI is InChI=1S/C21H31N3O5.C20H27N3O6/c22-13-5-4-9-16(19(25)24-14-6-10-18(24)21(28)29)23-17(20(26)27)12-11-15-7-2-1-3-8-15;1-4-29-19(27)15(11-10-14-8-6-5-7-9-14)21-13(2)17(24)23-16(18(25)26)12-22(3)20(23)28/h1-3,7-8,16-18,23H,4-6,9-14,22H2,(H,26,27)(H,28,29);5-9,13,15-16,21H,4,10-12H2,1-3H3,(H,25,26)/t16-,17-,18-;13-,15-,16-/m00/s1. The fourth-order valence-electron chi connectivity index (χ4n) is 6.96. The predicted octanol–water partition coefficient (Wildman–Crippen LogP) is 2.11. The van der Waals surface area contributed by atoms with E-state index in [1.807, 2.05) is 60.7 Å². The number of amides is 4. The summed E-state index contributed by atoms with van der Waals surface area (Å²) < 4.78 is 5.10. The highest BCUT2D eigenvalue weighted by molar-refractivity contribution is 6.02. The molecule has 0 bridgehead atoms. The van der Waals surface area contributed by atoms with Gasteiger partial charge in [0.25, 0.3) is 0 Å². The third kappa shape index (κ3) is 13.9. The van der Waals surface area contributed by atoms with Gasteiger partial charge in [0.15, 0.2) is 6.04 Å². The quantitative estimate of drug-likeness (QED) is 0.0781. The van der Waals surface area contributed by atoms with Gasteiger partial charge in [0.2, 0.25) is 11.8 Å². The zero-order chi connectivity index (χ0) is 42.8. The van der Waals surface area contributed by atoms with Gasteiger partial charge in [-0.1, -0.05) is 67.1 Å². The molecule has 17 heteroatoms. The van der Waals surface area contributed by atoms with E-state index in [-0.39, 0.29) is 19.1 Å². The molecule has 2 saturated heterocycles. The summed E-state index contributed by atoms with van der Waals surface area (Å²) in [6, 6.07) is 13.0. The van der Waals surface area contributed by atoms with Crippen LogP contribution in [0.5, 0.6) is 0 Å². The second-order valence-electron chi connectivity index (χ2n) is 14.4. The average Bonchev–Trinajstić information content (AvgIpc) is 3.82. The van der Waals surface area contributed by atoms with Crippen molar-refractivity contribution in [2.24, 2.45) is 5.73 Å². The first-order chi connectivity index (χ1) is 27.7. The van der Waals surface area contributed by atoms with E-state index in [2.05, 4.69) is 10.6 Å². The molecule has 2 fully saturated rings. The highest BCUT2D eigenvalue weighted by Crippen LogP contribution is 2.21. The number of carboxylic acid groups (broad SMARTS) is 3. The number of nitrogens with zero attached hydrogens (tertiary/aromatic N) is 3. The summed E-state index contributed by atoms with van der Waals surface area (Å²) in [6.07, 6.45) is 4.73. The number of aryl methyl sites for hydroxylation is 2. The molecule has 6 atom stereocenters. The zero-order valence-corrected chi connectivity index (χ0v) is 33.5. The van der Waals surface area contributed by atoms with Crippen molar-refractivity contribution in [3.63, 3.8) is 0 Å². The summed E-state index contributed by atoms with van der Waals surface area (Å²) in [7, 11) is 1.44. The minimum absolute atomic E-state index is 0.0814. The van der Waals surface area contributed by atoms with E-state index in [0.717, 1.165) is 22.4 Å². The number of esters is 1. The molecule has 7 N–H and O–H groups in total. The molecular formula is C41H58N6O11. The number of likely N-dealkylation sites (tertiary alicyclic amines) is 1. The number of likely N-dealkylation sites (N-methyl/N-ethyl adjacent to an activating group) is 1. The van der Waals surface area contributed by atoms with Crippen molar-refractivity contribution in [1.29, 1.82) is 0 Å². The summed E-state index contributed by atoms with van der Waals surface area (Å²) in [6.45, 7) is 4.17. The van der Waals surface area contributed by atoms with Crippen LogP contribution < -0.4 is 16.4 Å². The topological polar surface area (TPSA) is 249 Å². The molecule has 0 aliphatic carbocycles. The van der Waals surface area contributed by atoms with Crippen molar-refractivity contribution in [2.75, 3.05) is 33.3 Å². The second kappa shape index (κ2) is 23.7. The molecule has 2 aromatic rings. The number of nitrogens with two attached hydrogens (primary N) is 1. The molecule has 2 aromatic carbocycles. The molecule has 4 rings (SSSR count). The van der Waals surface area contributed by atoms with Crippen LogP contribution in [0.1, 0.15) is 69.9 Å². The lowest BCUT2D eigenvalue weighted by atomic mass is 10.0. The van der Waals surface area contributed by atoms with Gasteiger partial charge in [0.1, 0.15) is 18.1 Å². The minimum atomic E-state index is -1.26. The van der Waals surface area contributed by atoms with Gasteiger partial charge in [0, 0.05) is 13.6 Å². The monoisotopic (exact) mass is 810 g/mol. The van der Waals surface area contributed by atoms with Gasteiger partial charge in [-0.05, 0) is 82.9 Å². The van der Waals surface area contributed by atoms with E-state index in [0.29, 0.717) is 64.5 Å². The number of unbranched alkanes of at least 4 members (excludes halogenated alkanes) is 1. The molecular weight excluding hydrogens is 752 g/mol. The third-order valence-electron chi connectivity index (χ3n) is 10.1. The number of nitrogens with one attached hydrogen (secondary N) is 2.